The third kappa shape index (κ3) is 4.77. The van der Waals surface area contributed by atoms with E-state index in [1.807, 2.05) is 44.2 Å². The number of anilines is 1. The monoisotopic (exact) mass is 465 g/mol. The maximum atomic E-state index is 9.45. The highest BCUT2D eigenvalue weighted by molar-refractivity contribution is 5.73. The molecular formula is C27H27N7O. The minimum absolute atomic E-state index is 0.250. The zero-order valence-corrected chi connectivity index (χ0v) is 19.8. The second-order valence-electron chi connectivity index (χ2n) is 9.44. The molecule has 0 radical (unpaired) electrons. The molecule has 3 N–H and O–H groups in total. The number of rotatable bonds is 7. The fraction of sp³-hybridized carbons (Fsp3) is 0.296. The van der Waals surface area contributed by atoms with Crippen molar-refractivity contribution in [3.05, 3.63) is 66.1 Å². The molecule has 1 aliphatic rings. The molecule has 1 fully saturated rings. The number of nitriles is 1. The van der Waals surface area contributed by atoms with Crippen LogP contribution in [0.15, 0.2) is 59.4 Å². The number of benzene rings is 1. The number of hydrogen-bond donors (Lipinski definition) is 2. The predicted molar refractivity (Wildman–Crippen MR) is 134 cm³/mol. The van der Waals surface area contributed by atoms with Gasteiger partial charge in [-0.15, -0.1) is 0 Å². The van der Waals surface area contributed by atoms with Gasteiger partial charge in [-0.05, 0) is 44.4 Å². The first kappa shape index (κ1) is 22.7. The van der Waals surface area contributed by atoms with E-state index in [4.69, 9.17) is 15.2 Å². The fourth-order valence-corrected chi connectivity index (χ4v) is 3.90. The van der Waals surface area contributed by atoms with Crippen molar-refractivity contribution in [1.82, 2.24) is 25.4 Å². The van der Waals surface area contributed by atoms with E-state index < -0.39 is 5.41 Å². The summed E-state index contributed by atoms with van der Waals surface area (Å²) < 4.78 is 5.60. The third-order valence-electron chi connectivity index (χ3n) is 6.47. The number of nitrogens with two attached hydrogens (primary N) is 1. The van der Waals surface area contributed by atoms with Gasteiger partial charge in [-0.1, -0.05) is 35.8 Å². The van der Waals surface area contributed by atoms with Gasteiger partial charge in [-0.3, -0.25) is 4.98 Å². The standard InChI is InChI=1S/C27H27N7O/c1-27(2,16-28)24-12-19(10-11-30-24)22-15-32-26(29)25(33-22)23-13-21(34-35-23)18-8-6-17(7-9-18)14-31-20-4-3-5-20/h6-13,15,20,31H,3-5,14H2,1-2H3,(H2,29,32). The molecule has 3 heterocycles. The molecule has 1 aliphatic carbocycles. The summed E-state index contributed by atoms with van der Waals surface area (Å²) in [7, 11) is 0. The third-order valence-corrected chi connectivity index (χ3v) is 6.47. The Labute approximate surface area is 204 Å². The molecule has 0 aliphatic heterocycles. The second-order valence-corrected chi connectivity index (χ2v) is 9.44. The summed E-state index contributed by atoms with van der Waals surface area (Å²) in [4.78, 5) is 13.4. The van der Waals surface area contributed by atoms with Crippen molar-refractivity contribution < 1.29 is 4.52 Å². The first-order valence-corrected chi connectivity index (χ1v) is 11.7. The van der Waals surface area contributed by atoms with Crippen LogP contribution < -0.4 is 11.1 Å². The van der Waals surface area contributed by atoms with E-state index in [1.54, 1.807) is 12.4 Å². The Balaban J connectivity index is 1.38. The average Bonchev–Trinajstić information content (AvgIpc) is 3.34. The summed E-state index contributed by atoms with van der Waals surface area (Å²) >= 11 is 0. The Morgan fingerprint density at radius 1 is 1.09 bits per heavy atom. The smallest absolute Gasteiger partial charge is 0.189 e. The Bertz CT molecular complexity index is 1380. The average molecular weight is 466 g/mol. The lowest BCUT2D eigenvalue weighted by Gasteiger charge is -2.26. The van der Waals surface area contributed by atoms with Gasteiger partial charge in [0, 0.05) is 36.0 Å². The summed E-state index contributed by atoms with van der Waals surface area (Å²) in [6, 6.07) is 16.7. The van der Waals surface area contributed by atoms with Crippen LogP contribution in [0.25, 0.3) is 34.0 Å². The molecule has 176 valence electrons. The van der Waals surface area contributed by atoms with Gasteiger partial charge in [0.15, 0.2) is 17.3 Å². The van der Waals surface area contributed by atoms with Crippen LogP contribution in [0.2, 0.25) is 0 Å². The van der Waals surface area contributed by atoms with E-state index in [0.717, 1.165) is 17.7 Å². The van der Waals surface area contributed by atoms with Crippen molar-refractivity contribution in [3.63, 3.8) is 0 Å². The molecule has 4 aromatic rings. The second kappa shape index (κ2) is 9.28. The SMILES string of the molecule is CC(C)(C#N)c1cc(-c2cnc(N)c(-c3cc(-c4ccc(CNC5CCC5)cc4)no3)n2)ccn1. The molecular weight excluding hydrogens is 438 g/mol. The molecule has 0 amide bonds. The van der Waals surface area contributed by atoms with Crippen molar-refractivity contribution in [2.24, 2.45) is 0 Å². The molecule has 5 rings (SSSR count). The number of nitrogens with one attached hydrogen (secondary N) is 1. The Hall–Kier alpha value is -4.09. The number of pyridine rings is 1. The normalized spacial score (nSPS) is 13.9. The van der Waals surface area contributed by atoms with Gasteiger partial charge in [0.2, 0.25) is 0 Å². The van der Waals surface area contributed by atoms with Crippen LogP contribution in [0.4, 0.5) is 5.82 Å². The predicted octanol–water partition coefficient (Wildman–Crippen LogP) is 4.89. The Kier molecular flexibility index (Phi) is 6.01. The van der Waals surface area contributed by atoms with Gasteiger partial charge in [0.25, 0.3) is 0 Å². The molecule has 0 unspecified atom stereocenters. The van der Waals surface area contributed by atoms with E-state index in [1.165, 1.54) is 24.8 Å². The van der Waals surface area contributed by atoms with E-state index >= 15 is 0 Å². The molecule has 1 saturated carbocycles. The van der Waals surface area contributed by atoms with Gasteiger partial charge in [0.1, 0.15) is 5.69 Å². The van der Waals surface area contributed by atoms with Crippen LogP contribution in [-0.4, -0.2) is 26.2 Å². The maximum absolute atomic E-state index is 9.45. The zero-order chi connectivity index (χ0) is 24.4. The van der Waals surface area contributed by atoms with Crippen molar-refractivity contribution in [3.8, 4) is 40.0 Å². The fourth-order valence-electron chi connectivity index (χ4n) is 3.90. The summed E-state index contributed by atoms with van der Waals surface area (Å²) in [6.45, 7) is 4.52. The van der Waals surface area contributed by atoms with Crippen LogP contribution in [-0.2, 0) is 12.0 Å². The minimum atomic E-state index is -0.720. The lowest BCUT2D eigenvalue weighted by molar-refractivity contribution is 0.338. The van der Waals surface area contributed by atoms with Crippen molar-refractivity contribution in [2.75, 3.05) is 5.73 Å². The lowest BCUT2D eigenvalue weighted by Crippen LogP contribution is -2.34. The Morgan fingerprint density at radius 3 is 2.60 bits per heavy atom. The molecule has 35 heavy (non-hydrogen) atoms. The molecule has 8 heteroatoms. The first-order valence-electron chi connectivity index (χ1n) is 11.7. The van der Waals surface area contributed by atoms with E-state index in [9.17, 15) is 5.26 Å². The summed E-state index contributed by atoms with van der Waals surface area (Å²) in [5, 5.41) is 17.3. The zero-order valence-electron chi connectivity index (χ0n) is 19.8. The molecule has 0 saturated heterocycles. The van der Waals surface area contributed by atoms with E-state index in [-0.39, 0.29) is 5.82 Å². The molecule has 1 aromatic carbocycles. The van der Waals surface area contributed by atoms with Crippen LogP contribution in [0.5, 0.6) is 0 Å². The van der Waals surface area contributed by atoms with Crippen molar-refractivity contribution in [2.45, 2.75) is 51.1 Å². The molecule has 8 nitrogen and oxygen atoms in total. The molecule has 0 atom stereocenters. The number of hydrogen-bond acceptors (Lipinski definition) is 8. The highest BCUT2D eigenvalue weighted by atomic mass is 16.5. The first-order chi connectivity index (χ1) is 16.9. The summed E-state index contributed by atoms with van der Waals surface area (Å²) in [5.74, 6) is 0.690. The number of aromatic nitrogens is 4. The number of nitrogens with zero attached hydrogens (tertiary/aromatic N) is 5. The van der Waals surface area contributed by atoms with Gasteiger partial charge >= 0.3 is 0 Å². The highest BCUT2D eigenvalue weighted by Gasteiger charge is 2.22. The summed E-state index contributed by atoms with van der Waals surface area (Å²) in [6.07, 6.45) is 7.14. The maximum Gasteiger partial charge on any atom is 0.189 e. The van der Waals surface area contributed by atoms with Crippen LogP contribution in [0.3, 0.4) is 0 Å². The minimum Gasteiger partial charge on any atom is -0.382 e. The van der Waals surface area contributed by atoms with Crippen LogP contribution in [0, 0.1) is 11.3 Å². The van der Waals surface area contributed by atoms with Gasteiger partial charge in [-0.25, -0.2) is 9.97 Å². The quantitative estimate of drug-likeness (QED) is 0.395. The van der Waals surface area contributed by atoms with Crippen LogP contribution >= 0.6 is 0 Å². The highest BCUT2D eigenvalue weighted by Crippen LogP contribution is 2.31. The van der Waals surface area contributed by atoms with Gasteiger partial charge < -0.3 is 15.6 Å². The van der Waals surface area contributed by atoms with Gasteiger partial charge in [0.05, 0.1) is 29.1 Å². The van der Waals surface area contributed by atoms with Crippen molar-refractivity contribution >= 4 is 5.82 Å². The molecule has 0 bridgehead atoms. The van der Waals surface area contributed by atoms with Crippen LogP contribution in [0.1, 0.15) is 44.4 Å². The lowest BCUT2D eigenvalue weighted by atomic mass is 9.90. The number of nitrogen functional groups attached to an aromatic ring is 1. The Morgan fingerprint density at radius 2 is 1.89 bits per heavy atom. The molecule has 0 spiro atoms. The summed E-state index contributed by atoms with van der Waals surface area (Å²) in [5.41, 5.74) is 10.8. The van der Waals surface area contributed by atoms with E-state index in [0.29, 0.717) is 34.6 Å². The molecule has 3 aromatic heterocycles. The topological polar surface area (TPSA) is 127 Å². The van der Waals surface area contributed by atoms with Gasteiger partial charge in [-0.2, -0.15) is 5.26 Å². The largest absolute Gasteiger partial charge is 0.382 e. The van der Waals surface area contributed by atoms with E-state index in [2.05, 4.69) is 38.6 Å². The van der Waals surface area contributed by atoms with Crippen molar-refractivity contribution in [1.29, 1.82) is 5.26 Å².